The van der Waals surface area contributed by atoms with Gasteiger partial charge in [0.1, 0.15) is 6.17 Å². The van der Waals surface area contributed by atoms with Crippen molar-refractivity contribution in [3.63, 3.8) is 0 Å². The van der Waals surface area contributed by atoms with E-state index in [1.54, 1.807) is 13.8 Å². The van der Waals surface area contributed by atoms with Crippen molar-refractivity contribution >= 4 is 11.9 Å². The number of nitrogens with zero attached hydrogens (tertiary/aromatic N) is 1. The van der Waals surface area contributed by atoms with Crippen molar-refractivity contribution in [2.45, 2.75) is 88.9 Å². The molecule has 6 N–H and O–H groups in total. The zero-order valence-corrected chi connectivity index (χ0v) is 16.7. The number of carbonyl (C=O) groups excluding carboxylic acids is 1. The van der Waals surface area contributed by atoms with Gasteiger partial charge in [0, 0.05) is 17.9 Å². The Hall–Kier alpha value is -1.29. The lowest BCUT2D eigenvalue weighted by atomic mass is 9.83. The number of aliphatic imine (C=N–C) groups is 1. The third-order valence-corrected chi connectivity index (χ3v) is 5.87. The van der Waals surface area contributed by atoms with Gasteiger partial charge in [-0.2, -0.15) is 0 Å². The number of aliphatic hydroxyl groups excluding tert-OH is 1. The topological polar surface area (TPSA) is 118 Å². The van der Waals surface area contributed by atoms with Crippen LogP contribution >= 0.6 is 0 Å². The normalized spacial score (nSPS) is 36.7. The second-order valence-electron chi connectivity index (χ2n) is 9.08. The summed E-state index contributed by atoms with van der Waals surface area (Å²) in [6.07, 6.45) is 3.10. The number of amides is 1. The number of hydrogen-bond donors (Lipinski definition) is 6. The molecule has 6 unspecified atom stereocenters. The largest absolute Gasteiger partial charge is 0.393 e. The fourth-order valence-corrected chi connectivity index (χ4v) is 4.32. The Morgan fingerprint density at radius 1 is 1.21 bits per heavy atom. The lowest BCUT2D eigenvalue weighted by Crippen LogP contribution is -2.54. The fourth-order valence-electron chi connectivity index (χ4n) is 4.32. The van der Waals surface area contributed by atoms with Gasteiger partial charge < -0.3 is 15.5 Å². The van der Waals surface area contributed by atoms with Gasteiger partial charge in [-0.15, -0.1) is 0 Å². The molecule has 160 valence electrons. The first kappa shape index (κ1) is 21.4. The van der Waals surface area contributed by atoms with Gasteiger partial charge in [-0.3, -0.25) is 15.5 Å². The van der Waals surface area contributed by atoms with Gasteiger partial charge in [-0.1, -0.05) is 6.42 Å². The van der Waals surface area contributed by atoms with Crippen molar-refractivity contribution < 1.29 is 19.4 Å². The van der Waals surface area contributed by atoms with Crippen LogP contribution in [0.25, 0.3) is 0 Å². The maximum atomic E-state index is 13.7. The van der Waals surface area contributed by atoms with E-state index in [1.807, 2.05) is 0 Å². The van der Waals surface area contributed by atoms with Crippen molar-refractivity contribution in [2.24, 2.45) is 16.8 Å². The van der Waals surface area contributed by atoms with Crippen LogP contribution < -0.4 is 21.5 Å². The first-order chi connectivity index (χ1) is 13.2. The van der Waals surface area contributed by atoms with Gasteiger partial charge in [-0.05, 0) is 52.4 Å². The highest BCUT2D eigenvalue weighted by Crippen LogP contribution is 2.31. The Morgan fingerprint density at radius 2 is 2.00 bits per heavy atom. The first-order valence-electron chi connectivity index (χ1n) is 10.4. The van der Waals surface area contributed by atoms with Crippen molar-refractivity contribution in [3.05, 3.63) is 0 Å². The molecule has 28 heavy (non-hydrogen) atoms. The molecular formula is C19H34FN5O3. The highest BCUT2D eigenvalue weighted by molar-refractivity contribution is 5.98. The van der Waals surface area contributed by atoms with Crippen LogP contribution in [0.1, 0.15) is 58.8 Å². The van der Waals surface area contributed by atoms with Gasteiger partial charge in [0.05, 0.1) is 24.4 Å². The molecule has 9 heteroatoms. The monoisotopic (exact) mass is 399 g/mol. The summed E-state index contributed by atoms with van der Waals surface area (Å²) in [5.41, 5.74) is 5.28. The van der Waals surface area contributed by atoms with E-state index in [4.69, 9.17) is 0 Å². The molecule has 1 heterocycles. The first-order valence-corrected chi connectivity index (χ1v) is 10.4. The molecule has 8 nitrogen and oxygen atoms in total. The number of rotatable bonds is 4. The Bertz CT molecular complexity index is 582. The molecule has 0 radical (unpaired) electrons. The molecule has 1 aliphatic heterocycles. The maximum absolute atomic E-state index is 13.7. The number of aliphatic hydroxyl groups is 2. The van der Waals surface area contributed by atoms with E-state index < -0.39 is 17.9 Å². The predicted molar refractivity (Wildman–Crippen MR) is 104 cm³/mol. The van der Waals surface area contributed by atoms with Crippen LogP contribution in [0.15, 0.2) is 4.99 Å². The number of carbonyl (C=O) groups is 1. The van der Waals surface area contributed by atoms with Crippen LogP contribution in [0.2, 0.25) is 0 Å². The van der Waals surface area contributed by atoms with E-state index in [9.17, 15) is 19.4 Å². The third-order valence-electron chi connectivity index (χ3n) is 5.87. The van der Waals surface area contributed by atoms with Crippen LogP contribution in [0.4, 0.5) is 4.39 Å². The molecule has 3 fully saturated rings. The lowest BCUT2D eigenvalue weighted by molar-refractivity contribution is -0.125. The fraction of sp³-hybridized carbons (Fsp3) is 0.895. The molecule has 2 saturated carbocycles. The lowest BCUT2D eigenvalue weighted by Gasteiger charge is -2.30. The van der Waals surface area contributed by atoms with Crippen molar-refractivity contribution in [1.29, 1.82) is 0 Å². The van der Waals surface area contributed by atoms with Crippen LogP contribution in [0, 0.1) is 11.8 Å². The van der Waals surface area contributed by atoms with Crippen LogP contribution in [0.5, 0.6) is 0 Å². The average molecular weight is 400 g/mol. The molecule has 0 aromatic carbocycles. The number of nitrogens with one attached hydrogen (secondary N) is 4. The molecule has 0 bridgehead atoms. The minimum atomic E-state index is -1.01. The zero-order valence-electron chi connectivity index (χ0n) is 16.7. The molecule has 0 aromatic heterocycles. The van der Waals surface area contributed by atoms with E-state index in [1.165, 1.54) is 0 Å². The summed E-state index contributed by atoms with van der Waals surface area (Å²) >= 11 is 0. The van der Waals surface area contributed by atoms with E-state index in [0.29, 0.717) is 25.2 Å². The van der Waals surface area contributed by atoms with Crippen LogP contribution in [-0.4, -0.2) is 58.7 Å². The summed E-state index contributed by atoms with van der Waals surface area (Å²) in [5, 5.41) is 25.9. The molecular weight excluding hydrogens is 365 g/mol. The summed E-state index contributed by atoms with van der Waals surface area (Å²) in [4.78, 5) is 17.1. The Kier molecular flexibility index (Phi) is 6.90. The van der Waals surface area contributed by atoms with E-state index in [0.717, 1.165) is 25.7 Å². The maximum Gasteiger partial charge on any atom is 0.229 e. The highest BCUT2D eigenvalue weighted by Gasteiger charge is 2.41. The van der Waals surface area contributed by atoms with Crippen molar-refractivity contribution in [3.8, 4) is 0 Å². The van der Waals surface area contributed by atoms with Crippen LogP contribution in [-0.2, 0) is 4.79 Å². The Morgan fingerprint density at radius 3 is 2.71 bits per heavy atom. The SMILES string of the molecule is CC(C)(O)CN=C(NC(=O)C1CCCC(O)C1)NC1NNC2CC(F)CCC21. The van der Waals surface area contributed by atoms with Gasteiger partial charge in [0.25, 0.3) is 0 Å². The van der Waals surface area contributed by atoms with Gasteiger partial charge >= 0.3 is 0 Å². The zero-order chi connectivity index (χ0) is 20.3. The van der Waals surface area contributed by atoms with Crippen molar-refractivity contribution in [2.75, 3.05) is 6.54 Å². The highest BCUT2D eigenvalue weighted by atomic mass is 19.1. The number of alkyl halides is 1. The molecule has 1 amide bonds. The molecule has 1 saturated heterocycles. The number of guanidine groups is 1. The van der Waals surface area contributed by atoms with Gasteiger partial charge in [0.2, 0.25) is 5.91 Å². The molecule has 2 aliphatic carbocycles. The van der Waals surface area contributed by atoms with E-state index in [2.05, 4.69) is 26.5 Å². The van der Waals surface area contributed by atoms with Gasteiger partial charge in [-0.25, -0.2) is 14.8 Å². The smallest absolute Gasteiger partial charge is 0.229 e. The van der Waals surface area contributed by atoms with Crippen molar-refractivity contribution in [1.82, 2.24) is 21.5 Å². The second kappa shape index (κ2) is 9.02. The van der Waals surface area contributed by atoms with E-state index in [-0.39, 0.29) is 36.5 Å². The molecule has 3 aliphatic rings. The minimum absolute atomic E-state index is 0.0426. The summed E-state index contributed by atoms with van der Waals surface area (Å²) < 4.78 is 13.7. The number of hydrogen-bond acceptors (Lipinski definition) is 6. The summed E-state index contributed by atoms with van der Waals surface area (Å²) in [7, 11) is 0. The van der Waals surface area contributed by atoms with Gasteiger partial charge in [0.15, 0.2) is 5.96 Å². The summed E-state index contributed by atoms with van der Waals surface area (Å²) in [6, 6.07) is 0.0426. The minimum Gasteiger partial charge on any atom is -0.393 e. The Labute approximate surface area is 165 Å². The number of halogens is 1. The summed E-state index contributed by atoms with van der Waals surface area (Å²) in [5.74, 6) is 0.0697. The molecule has 0 spiro atoms. The second-order valence-corrected chi connectivity index (χ2v) is 9.08. The molecule has 3 rings (SSSR count). The Balaban J connectivity index is 1.64. The average Bonchev–Trinajstić information content (AvgIpc) is 3.00. The van der Waals surface area contributed by atoms with E-state index >= 15 is 0 Å². The quantitative estimate of drug-likeness (QED) is 0.299. The van der Waals surface area contributed by atoms with Crippen LogP contribution in [0.3, 0.4) is 0 Å². The predicted octanol–water partition coefficient (Wildman–Crippen LogP) is 0.311. The number of hydrazine groups is 1. The third kappa shape index (κ3) is 5.85. The number of fused-ring (bicyclic) bond motifs is 1. The standard InChI is InChI=1S/C19H34FN5O3/c1-19(2,28)10-21-18(23-17(27)11-4-3-5-13(26)8-11)22-16-14-7-6-12(20)9-15(14)24-25-16/h11-16,24-26,28H,3-10H2,1-2H3,(H2,21,22,23,27). The summed E-state index contributed by atoms with van der Waals surface area (Å²) in [6.45, 7) is 3.44. The molecule has 0 aromatic rings. The molecule has 6 atom stereocenters.